The first-order valence-corrected chi connectivity index (χ1v) is 5.27. The topological polar surface area (TPSA) is 9.23 Å². The Kier molecular flexibility index (Phi) is 2.80. The van der Waals surface area contributed by atoms with Crippen LogP contribution in [0, 0.1) is 10.8 Å². The fourth-order valence-corrected chi connectivity index (χ4v) is 1.66. The maximum Gasteiger partial charge on any atom is 0.106 e. The molecule has 1 heterocycles. The van der Waals surface area contributed by atoms with Gasteiger partial charge in [-0.3, -0.25) is 0 Å². The van der Waals surface area contributed by atoms with Crippen LogP contribution < -0.4 is 0 Å². The summed E-state index contributed by atoms with van der Waals surface area (Å²) >= 11 is 0. The predicted octanol–water partition coefficient (Wildman–Crippen LogP) is 3.92. The van der Waals surface area contributed by atoms with E-state index in [-0.39, 0.29) is 10.8 Å². The molecular formula is C13H22O. The van der Waals surface area contributed by atoms with E-state index in [1.807, 2.05) is 0 Å². The van der Waals surface area contributed by atoms with Crippen LogP contribution in [0.5, 0.6) is 0 Å². The predicted molar refractivity (Wildman–Crippen MR) is 61.0 cm³/mol. The summed E-state index contributed by atoms with van der Waals surface area (Å²) in [5.74, 6) is 1.15. The number of rotatable bonds is 0. The summed E-state index contributed by atoms with van der Waals surface area (Å²) in [6.07, 6.45) is 4.31. The molecule has 1 heteroatoms. The second-order valence-corrected chi connectivity index (χ2v) is 5.96. The van der Waals surface area contributed by atoms with Gasteiger partial charge < -0.3 is 4.74 Å². The average molecular weight is 194 g/mol. The van der Waals surface area contributed by atoms with Gasteiger partial charge in [0.15, 0.2) is 0 Å². The van der Waals surface area contributed by atoms with Crippen molar-refractivity contribution in [3.63, 3.8) is 0 Å². The van der Waals surface area contributed by atoms with Crippen LogP contribution in [0.15, 0.2) is 23.5 Å². The van der Waals surface area contributed by atoms with E-state index in [4.69, 9.17) is 4.74 Å². The molecule has 1 aliphatic rings. The molecule has 1 nitrogen and oxygen atoms in total. The van der Waals surface area contributed by atoms with Crippen LogP contribution in [0.25, 0.3) is 0 Å². The molecule has 0 radical (unpaired) electrons. The molecule has 0 fully saturated rings. The van der Waals surface area contributed by atoms with Gasteiger partial charge in [-0.25, -0.2) is 0 Å². The smallest absolute Gasteiger partial charge is 0.106 e. The molecule has 80 valence electrons. The fraction of sp³-hybridized carbons (Fsp3) is 0.692. The standard InChI is InChI=1S/C13H22O/c1-12(2,3)10-8-7-9-14-11(10)13(4,5)6/h7-8H,9H2,1-6H3. The Hall–Kier alpha value is -0.720. The van der Waals surface area contributed by atoms with Crippen molar-refractivity contribution in [2.75, 3.05) is 6.61 Å². The van der Waals surface area contributed by atoms with Crippen LogP contribution in [0.1, 0.15) is 41.5 Å². The summed E-state index contributed by atoms with van der Waals surface area (Å²) < 4.78 is 5.77. The van der Waals surface area contributed by atoms with Gasteiger partial charge in [0.05, 0.1) is 0 Å². The van der Waals surface area contributed by atoms with Crippen molar-refractivity contribution < 1.29 is 4.74 Å². The van der Waals surface area contributed by atoms with Crippen LogP contribution in [0.2, 0.25) is 0 Å². The van der Waals surface area contributed by atoms with E-state index in [0.29, 0.717) is 6.61 Å². The van der Waals surface area contributed by atoms with E-state index in [1.54, 1.807) is 0 Å². The molecule has 0 atom stereocenters. The third-order valence-electron chi connectivity index (χ3n) is 2.34. The van der Waals surface area contributed by atoms with Crippen LogP contribution in [0.3, 0.4) is 0 Å². The number of hydrogen-bond acceptors (Lipinski definition) is 1. The average Bonchev–Trinajstić information content (AvgIpc) is 2.01. The van der Waals surface area contributed by atoms with Crippen molar-refractivity contribution in [3.05, 3.63) is 23.5 Å². The highest BCUT2D eigenvalue weighted by Gasteiger charge is 2.29. The van der Waals surface area contributed by atoms with Crippen molar-refractivity contribution in [3.8, 4) is 0 Å². The Balaban J connectivity index is 3.18. The molecular weight excluding hydrogens is 172 g/mol. The van der Waals surface area contributed by atoms with Crippen molar-refractivity contribution in [1.29, 1.82) is 0 Å². The zero-order chi connectivity index (χ0) is 11.0. The number of allylic oxidation sites excluding steroid dienone is 3. The van der Waals surface area contributed by atoms with E-state index in [0.717, 1.165) is 5.76 Å². The minimum atomic E-state index is 0.105. The van der Waals surface area contributed by atoms with Gasteiger partial charge in [0, 0.05) is 5.41 Å². The molecule has 0 unspecified atom stereocenters. The highest BCUT2D eigenvalue weighted by molar-refractivity contribution is 5.32. The Bertz CT molecular complexity index is 269. The van der Waals surface area contributed by atoms with E-state index >= 15 is 0 Å². The van der Waals surface area contributed by atoms with Crippen molar-refractivity contribution in [1.82, 2.24) is 0 Å². The Morgan fingerprint density at radius 2 is 1.57 bits per heavy atom. The van der Waals surface area contributed by atoms with Crippen LogP contribution in [-0.4, -0.2) is 6.61 Å². The van der Waals surface area contributed by atoms with Crippen LogP contribution >= 0.6 is 0 Å². The fourth-order valence-electron chi connectivity index (χ4n) is 1.66. The molecule has 0 N–H and O–H groups in total. The van der Waals surface area contributed by atoms with Gasteiger partial charge in [-0.05, 0) is 17.1 Å². The first kappa shape index (κ1) is 11.4. The summed E-state index contributed by atoms with van der Waals surface area (Å²) in [7, 11) is 0. The van der Waals surface area contributed by atoms with Crippen molar-refractivity contribution in [2.45, 2.75) is 41.5 Å². The second-order valence-electron chi connectivity index (χ2n) is 5.96. The Morgan fingerprint density at radius 1 is 1.00 bits per heavy atom. The number of hydrogen-bond donors (Lipinski definition) is 0. The lowest BCUT2D eigenvalue weighted by molar-refractivity contribution is 0.161. The van der Waals surface area contributed by atoms with E-state index < -0.39 is 0 Å². The van der Waals surface area contributed by atoms with E-state index in [2.05, 4.69) is 53.7 Å². The quantitative estimate of drug-likeness (QED) is 0.568. The molecule has 0 aliphatic carbocycles. The van der Waals surface area contributed by atoms with Gasteiger partial charge in [-0.2, -0.15) is 0 Å². The maximum atomic E-state index is 5.77. The highest BCUT2D eigenvalue weighted by Crippen LogP contribution is 2.39. The first-order valence-electron chi connectivity index (χ1n) is 5.27. The van der Waals surface area contributed by atoms with Gasteiger partial charge in [0.1, 0.15) is 12.4 Å². The molecule has 1 rings (SSSR count). The lowest BCUT2D eigenvalue weighted by Gasteiger charge is -2.33. The third-order valence-corrected chi connectivity index (χ3v) is 2.34. The van der Waals surface area contributed by atoms with Crippen LogP contribution in [0.4, 0.5) is 0 Å². The second kappa shape index (κ2) is 3.45. The summed E-state index contributed by atoms with van der Waals surface area (Å²) in [6.45, 7) is 14.0. The van der Waals surface area contributed by atoms with E-state index in [9.17, 15) is 0 Å². The largest absolute Gasteiger partial charge is 0.493 e. The molecule has 0 spiro atoms. The van der Waals surface area contributed by atoms with E-state index in [1.165, 1.54) is 5.57 Å². The van der Waals surface area contributed by atoms with Gasteiger partial charge in [-0.1, -0.05) is 47.6 Å². The molecule has 0 aromatic carbocycles. The minimum Gasteiger partial charge on any atom is -0.493 e. The normalized spacial score (nSPS) is 18.4. The summed E-state index contributed by atoms with van der Waals surface area (Å²) in [4.78, 5) is 0. The molecule has 1 aliphatic heterocycles. The molecule has 14 heavy (non-hydrogen) atoms. The zero-order valence-corrected chi connectivity index (χ0v) is 10.3. The zero-order valence-electron chi connectivity index (χ0n) is 10.3. The summed E-state index contributed by atoms with van der Waals surface area (Å²) in [6, 6.07) is 0. The Labute approximate surface area is 87.8 Å². The number of ether oxygens (including phenoxy) is 1. The van der Waals surface area contributed by atoms with Crippen molar-refractivity contribution >= 4 is 0 Å². The Morgan fingerprint density at radius 3 is 1.93 bits per heavy atom. The minimum absolute atomic E-state index is 0.105. The van der Waals surface area contributed by atoms with Crippen molar-refractivity contribution in [2.24, 2.45) is 10.8 Å². The van der Waals surface area contributed by atoms with Gasteiger partial charge in [0.25, 0.3) is 0 Å². The monoisotopic (exact) mass is 194 g/mol. The van der Waals surface area contributed by atoms with Gasteiger partial charge >= 0.3 is 0 Å². The SMILES string of the molecule is CC(C)(C)C1=C(C(C)(C)C)OCC=C1. The summed E-state index contributed by atoms with van der Waals surface area (Å²) in [5, 5.41) is 0. The molecule has 0 saturated heterocycles. The lowest BCUT2D eigenvalue weighted by atomic mass is 9.79. The maximum absolute atomic E-state index is 5.77. The highest BCUT2D eigenvalue weighted by atomic mass is 16.5. The lowest BCUT2D eigenvalue weighted by Crippen LogP contribution is -2.22. The molecule has 0 amide bonds. The van der Waals surface area contributed by atoms with Crippen LogP contribution in [-0.2, 0) is 4.74 Å². The van der Waals surface area contributed by atoms with Gasteiger partial charge in [0.2, 0.25) is 0 Å². The molecule has 0 aromatic rings. The summed E-state index contributed by atoms with van der Waals surface area (Å²) in [5.41, 5.74) is 1.60. The third kappa shape index (κ3) is 2.40. The molecule has 0 saturated carbocycles. The molecule has 0 aromatic heterocycles. The van der Waals surface area contributed by atoms with Gasteiger partial charge in [-0.15, -0.1) is 0 Å². The first-order chi connectivity index (χ1) is 6.23. The molecule has 0 bridgehead atoms.